The van der Waals surface area contributed by atoms with Crippen LogP contribution in [0.1, 0.15) is 48.7 Å². The molecule has 1 rings (SSSR count). The third kappa shape index (κ3) is 4.55. The van der Waals surface area contributed by atoms with Crippen LogP contribution in [0.2, 0.25) is 0 Å². The minimum Gasteiger partial charge on any atom is -0.352 e. The standard InChI is InChI=1S/C15H18N2O2/c1-10(2)6-15(19)17-9-13-5-4-12(11(3)18)7-14(13)8-16/h4-5,7,10H,6,9H2,1-3H3,(H,17,19). The summed E-state index contributed by atoms with van der Waals surface area (Å²) < 4.78 is 0. The molecule has 0 radical (unpaired) electrons. The van der Waals surface area contributed by atoms with Gasteiger partial charge in [0.15, 0.2) is 5.78 Å². The van der Waals surface area contributed by atoms with Gasteiger partial charge in [0.1, 0.15) is 0 Å². The zero-order valence-corrected chi connectivity index (χ0v) is 11.5. The number of hydrogen-bond acceptors (Lipinski definition) is 3. The van der Waals surface area contributed by atoms with Crippen LogP contribution in [0, 0.1) is 17.2 Å². The van der Waals surface area contributed by atoms with Gasteiger partial charge in [0.25, 0.3) is 0 Å². The average molecular weight is 258 g/mol. The predicted molar refractivity (Wildman–Crippen MR) is 72.5 cm³/mol. The molecule has 1 aromatic carbocycles. The Hall–Kier alpha value is -2.15. The molecule has 0 saturated heterocycles. The monoisotopic (exact) mass is 258 g/mol. The van der Waals surface area contributed by atoms with Crippen LogP contribution in [-0.4, -0.2) is 11.7 Å². The molecular formula is C15H18N2O2. The number of hydrogen-bond donors (Lipinski definition) is 1. The highest BCUT2D eigenvalue weighted by Crippen LogP contribution is 2.12. The lowest BCUT2D eigenvalue weighted by molar-refractivity contribution is -0.121. The van der Waals surface area contributed by atoms with Gasteiger partial charge in [0.2, 0.25) is 5.91 Å². The molecule has 19 heavy (non-hydrogen) atoms. The van der Waals surface area contributed by atoms with Crippen molar-refractivity contribution in [3.63, 3.8) is 0 Å². The topological polar surface area (TPSA) is 70.0 Å². The number of ketones is 1. The van der Waals surface area contributed by atoms with Crippen LogP contribution in [0.5, 0.6) is 0 Å². The first kappa shape index (κ1) is 14.9. The van der Waals surface area contributed by atoms with Crippen LogP contribution in [-0.2, 0) is 11.3 Å². The number of rotatable bonds is 5. The molecule has 0 atom stereocenters. The summed E-state index contributed by atoms with van der Waals surface area (Å²) in [4.78, 5) is 22.8. The number of Topliss-reactive ketones (excluding diaryl/α,β-unsaturated/α-hetero) is 1. The third-order valence-electron chi connectivity index (χ3n) is 2.71. The highest BCUT2D eigenvalue weighted by molar-refractivity contribution is 5.94. The van der Waals surface area contributed by atoms with E-state index in [1.165, 1.54) is 6.92 Å². The van der Waals surface area contributed by atoms with Crippen LogP contribution in [0.4, 0.5) is 0 Å². The molecule has 0 bridgehead atoms. The van der Waals surface area contributed by atoms with E-state index in [2.05, 4.69) is 11.4 Å². The Morgan fingerprint density at radius 3 is 2.58 bits per heavy atom. The first-order chi connectivity index (χ1) is 8.93. The Morgan fingerprint density at radius 2 is 2.05 bits per heavy atom. The summed E-state index contributed by atoms with van der Waals surface area (Å²) in [7, 11) is 0. The van der Waals surface area contributed by atoms with Gasteiger partial charge in [-0.2, -0.15) is 5.26 Å². The first-order valence-corrected chi connectivity index (χ1v) is 6.24. The molecule has 0 saturated carbocycles. The Bertz CT molecular complexity index is 527. The van der Waals surface area contributed by atoms with Crippen LogP contribution in [0.3, 0.4) is 0 Å². The molecule has 1 aromatic rings. The minimum atomic E-state index is -0.0770. The summed E-state index contributed by atoms with van der Waals surface area (Å²) in [5, 5.41) is 11.8. The maximum absolute atomic E-state index is 11.6. The summed E-state index contributed by atoms with van der Waals surface area (Å²) in [5.74, 6) is 0.192. The Balaban J connectivity index is 2.77. The Kier molecular flexibility index (Phi) is 5.25. The van der Waals surface area contributed by atoms with E-state index in [1.54, 1.807) is 18.2 Å². The number of carbonyl (C=O) groups excluding carboxylic acids is 2. The van der Waals surface area contributed by atoms with Gasteiger partial charge in [-0.1, -0.05) is 26.0 Å². The molecule has 0 aliphatic carbocycles. The van der Waals surface area contributed by atoms with Gasteiger partial charge < -0.3 is 5.32 Å². The largest absolute Gasteiger partial charge is 0.352 e. The van der Waals surface area contributed by atoms with Crippen molar-refractivity contribution in [1.29, 1.82) is 5.26 Å². The highest BCUT2D eigenvalue weighted by atomic mass is 16.1. The normalized spacial score (nSPS) is 10.1. The molecule has 0 aliphatic rings. The Morgan fingerprint density at radius 1 is 1.37 bits per heavy atom. The summed E-state index contributed by atoms with van der Waals surface area (Å²) in [6.45, 7) is 5.72. The summed E-state index contributed by atoms with van der Waals surface area (Å²) in [6.07, 6.45) is 0.466. The molecule has 0 fully saturated rings. The van der Waals surface area contributed by atoms with E-state index in [-0.39, 0.29) is 11.7 Å². The average Bonchev–Trinajstić information content (AvgIpc) is 2.35. The number of benzene rings is 1. The molecule has 0 heterocycles. The van der Waals surface area contributed by atoms with Crippen molar-refractivity contribution in [2.75, 3.05) is 0 Å². The third-order valence-corrected chi connectivity index (χ3v) is 2.71. The fourth-order valence-electron chi connectivity index (χ4n) is 1.69. The predicted octanol–water partition coefficient (Wildman–Crippen LogP) is 2.42. The van der Waals surface area contributed by atoms with Crippen LogP contribution in [0.25, 0.3) is 0 Å². The van der Waals surface area contributed by atoms with Crippen molar-refractivity contribution in [3.05, 3.63) is 34.9 Å². The number of amides is 1. The van der Waals surface area contributed by atoms with Crippen LogP contribution >= 0.6 is 0 Å². The molecule has 4 heteroatoms. The van der Waals surface area contributed by atoms with Crippen LogP contribution < -0.4 is 5.32 Å². The van der Waals surface area contributed by atoms with Gasteiger partial charge in [-0.15, -0.1) is 0 Å². The van der Waals surface area contributed by atoms with E-state index in [4.69, 9.17) is 5.26 Å². The first-order valence-electron chi connectivity index (χ1n) is 6.24. The fourth-order valence-corrected chi connectivity index (χ4v) is 1.69. The molecular weight excluding hydrogens is 240 g/mol. The second-order valence-electron chi connectivity index (χ2n) is 4.91. The van der Waals surface area contributed by atoms with Crippen molar-refractivity contribution in [2.45, 2.75) is 33.7 Å². The second kappa shape index (κ2) is 6.69. The van der Waals surface area contributed by atoms with Gasteiger partial charge in [0, 0.05) is 18.5 Å². The Labute approximate surface area is 113 Å². The number of nitrogens with zero attached hydrogens (tertiary/aromatic N) is 1. The van der Waals surface area contributed by atoms with Gasteiger partial charge in [0.05, 0.1) is 11.6 Å². The molecule has 4 nitrogen and oxygen atoms in total. The van der Waals surface area contributed by atoms with Gasteiger partial charge in [-0.25, -0.2) is 0 Å². The van der Waals surface area contributed by atoms with E-state index >= 15 is 0 Å². The van der Waals surface area contributed by atoms with Gasteiger partial charge in [-0.3, -0.25) is 9.59 Å². The number of nitriles is 1. The van der Waals surface area contributed by atoms with Gasteiger partial charge >= 0.3 is 0 Å². The SMILES string of the molecule is CC(=O)c1ccc(CNC(=O)CC(C)C)c(C#N)c1. The molecule has 0 unspecified atom stereocenters. The molecule has 100 valence electrons. The highest BCUT2D eigenvalue weighted by Gasteiger charge is 2.09. The maximum atomic E-state index is 11.6. The summed E-state index contributed by atoms with van der Waals surface area (Å²) in [5.41, 5.74) is 1.66. The summed E-state index contributed by atoms with van der Waals surface area (Å²) >= 11 is 0. The van der Waals surface area contributed by atoms with Crippen molar-refractivity contribution in [3.8, 4) is 6.07 Å². The van der Waals surface area contributed by atoms with E-state index < -0.39 is 0 Å². The smallest absolute Gasteiger partial charge is 0.220 e. The number of carbonyl (C=O) groups is 2. The zero-order valence-electron chi connectivity index (χ0n) is 11.5. The van der Waals surface area contributed by atoms with E-state index in [1.807, 2.05) is 13.8 Å². The molecule has 0 aliphatic heterocycles. The minimum absolute atomic E-state index is 0.0328. The van der Waals surface area contributed by atoms with Gasteiger partial charge in [-0.05, 0) is 24.5 Å². The maximum Gasteiger partial charge on any atom is 0.220 e. The molecule has 1 amide bonds. The van der Waals surface area contributed by atoms with Crippen molar-refractivity contribution in [2.24, 2.45) is 5.92 Å². The molecule has 1 N–H and O–H groups in total. The van der Waals surface area contributed by atoms with Crippen molar-refractivity contribution in [1.82, 2.24) is 5.32 Å². The lowest BCUT2D eigenvalue weighted by Gasteiger charge is -2.09. The molecule has 0 aromatic heterocycles. The second-order valence-corrected chi connectivity index (χ2v) is 4.91. The van der Waals surface area contributed by atoms with Crippen molar-refractivity contribution >= 4 is 11.7 Å². The van der Waals surface area contributed by atoms with E-state index in [0.717, 1.165) is 5.56 Å². The summed E-state index contributed by atoms with van der Waals surface area (Å²) in [6, 6.07) is 7.00. The van der Waals surface area contributed by atoms with Crippen LogP contribution in [0.15, 0.2) is 18.2 Å². The zero-order chi connectivity index (χ0) is 14.4. The van der Waals surface area contributed by atoms with Crippen molar-refractivity contribution < 1.29 is 9.59 Å². The lowest BCUT2D eigenvalue weighted by Crippen LogP contribution is -2.24. The van der Waals surface area contributed by atoms with E-state index in [9.17, 15) is 9.59 Å². The quantitative estimate of drug-likeness (QED) is 0.824. The lowest BCUT2D eigenvalue weighted by atomic mass is 10.0. The fraction of sp³-hybridized carbons (Fsp3) is 0.400. The van der Waals surface area contributed by atoms with E-state index in [0.29, 0.717) is 30.0 Å². The molecule has 0 spiro atoms. The number of nitrogens with one attached hydrogen (secondary N) is 1.